The summed E-state index contributed by atoms with van der Waals surface area (Å²) in [6.07, 6.45) is 1.58. The summed E-state index contributed by atoms with van der Waals surface area (Å²) in [5.41, 5.74) is 3.47. The van der Waals surface area contributed by atoms with E-state index in [1.165, 1.54) is 11.8 Å². The van der Waals surface area contributed by atoms with Gasteiger partial charge in [-0.3, -0.25) is 4.79 Å². The molecule has 5 rings (SSSR count). The average Bonchev–Trinajstić information content (AvgIpc) is 3.32. The molecule has 35 heavy (non-hydrogen) atoms. The summed E-state index contributed by atoms with van der Waals surface area (Å²) in [7, 11) is 2.07. The number of amides is 1. The van der Waals surface area contributed by atoms with Gasteiger partial charge in [0.15, 0.2) is 0 Å². The SMILES string of the molecule is CN1CCN(C(=O)c2ccc(COc3nccc(/C(C#N)=C4/Nc5ccccc5S4)n3)cc2)CC1. The Balaban J connectivity index is 1.24. The van der Waals surface area contributed by atoms with Crippen molar-refractivity contribution >= 4 is 28.9 Å². The molecule has 0 atom stereocenters. The molecule has 0 spiro atoms. The average molecular weight is 485 g/mol. The summed E-state index contributed by atoms with van der Waals surface area (Å²) < 4.78 is 5.80. The fourth-order valence-corrected chi connectivity index (χ4v) is 4.90. The maximum Gasteiger partial charge on any atom is 0.317 e. The van der Waals surface area contributed by atoms with Crippen LogP contribution in [0.15, 0.2) is 70.7 Å². The van der Waals surface area contributed by atoms with E-state index in [4.69, 9.17) is 4.74 Å². The van der Waals surface area contributed by atoms with Gasteiger partial charge < -0.3 is 19.9 Å². The monoisotopic (exact) mass is 484 g/mol. The molecule has 2 aromatic carbocycles. The summed E-state index contributed by atoms with van der Waals surface area (Å²) >= 11 is 1.51. The summed E-state index contributed by atoms with van der Waals surface area (Å²) in [5, 5.41) is 13.8. The zero-order valence-electron chi connectivity index (χ0n) is 19.3. The number of allylic oxidation sites excluding steroid dienone is 1. The van der Waals surface area contributed by atoms with Gasteiger partial charge in [0.05, 0.1) is 16.4 Å². The van der Waals surface area contributed by atoms with Crippen molar-refractivity contribution in [3.63, 3.8) is 0 Å². The van der Waals surface area contributed by atoms with Crippen LogP contribution in [0.5, 0.6) is 6.01 Å². The number of ether oxygens (including phenoxy) is 1. The number of para-hydroxylation sites is 1. The Labute approximate surface area is 208 Å². The highest BCUT2D eigenvalue weighted by Crippen LogP contribution is 2.43. The lowest BCUT2D eigenvalue weighted by molar-refractivity contribution is 0.0664. The normalized spacial score (nSPS) is 16.7. The second-order valence-corrected chi connectivity index (χ2v) is 9.40. The molecule has 8 nitrogen and oxygen atoms in total. The maximum atomic E-state index is 12.7. The van der Waals surface area contributed by atoms with E-state index in [-0.39, 0.29) is 18.5 Å². The number of carbonyl (C=O) groups is 1. The first-order valence-electron chi connectivity index (χ1n) is 11.3. The van der Waals surface area contributed by atoms with Crippen LogP contribution < -0.4 is 10.1 Å². The summed E-state index contributed by atoms with van der Waals surface area (Å²) in [4.78, 5) is 26.5. The van der Waals surface area contributed by atoms with E-state index in [2.05, 4.69) is 33.3 Å². The van der Waals surface area contributed by atoms with Gasteiger partial charge in [0.1, 0.15) is 18.2 Å². The highest BCUT2D eigenvalue weighted by atomic mass is 32.2. The van der Waals surface area contributed by atoms with Crippen LogP contribution in [-0.4, -0.2) is 58.9 Å². The van der Waals surface area contributed by atoms with Crippen LogP contribution in [0.1, 0.15) is 21.6 Å². The molecule has 1 aromatic heterocycles. The molecule has 1 N–H and O–H groups in total. The van der Waals surface area contributed by atoms with Crippen LogP contribution in [0.3, 0.4) is 0 Å². The summed E-state index contributed by atoms with van der Waals surface area (Å²) in [6.45, 7) is 3.53. The minimum atomic E-state index is 0.0548. The first-order valence-corrected chi connectivity index (χ1v) is 12.1. The number of nitrogens with one attached hydrogen (secondary N) is 1. The van der Waals surface area contributed by atoms with Crippen LogP contribution >= 0.6 is 11.8 Å². The Bertz CT molecular complexity index is 1280. The predicted molar refractivity (Wildman–Crippen MR) is 135 cm³/mol. The Hall–Kier alpha value is -3.87. The molecule has 176 valence electrons. The standard InChI is InChI=1S/C26H24N6O2S/c1-31-12-14-32(15-13-31)25(33)19-8-6-18(7-9-19)17-34-26-28-11-10-21(30-26)20(16-27)24-29-22-4-2-3-5-23(22)35-24/h2-11,29H,12-15,17H2,1H3/b24-20-. The van der Waals surface area contributed by atoms with Crippen molar-refractivity contribution in [2.24, 2.45) is 0 Å². The van der Waals surface area contributed by atoms with E-state index in [1.54, 1.807) is 12.3 Å². The number of rotatable bonds is 5. The molecule has 1 saturated heterocycles. The van der Waals surface area contributed by atoms with Crippen molar-refractivity contribution in [3.05, 3.63) is 82.6 Å². The number of hydrogen-bond acceptors (Lipinski definition) is 8. The van der Waals surface area contributed by atoms with Crippen LogP contribution in [0.2, 0.25) is 0 Å². The maximum absolute atomic E-state index is 12.7. The first kappa shape index (κ1) is 22.9. The van der Waals surface area contributed by atoms with Crippen LogP contribution in [0.25, 0.3) is 5.57 Å². The lowest BCUT2D eigenvalue weighted by atomic mass is 10.1. The molecule has 0 radical (unpaired) electrons. The number of piperazine rings is 1. The third-order valence-electron chi connectivity index (χ3n) is 5.94. The molecule has 9 heteroatoms. The second-order valence-electron chi connectivity index (χ2n) is 8.34. The number of aromatic nitrogens is 2. The van der Waals surface area contributed by atoms with Crippen LogP contribution in [0, 0.1) is 11.3 Å². The van der Waals surface area contributed by atoms with Crippen molar-refractivity contribution in [3.8, 4) is 12.1 Å². The molecule has 2 aliphatic rings. The molecule has 2 aliphatic heterocycles. The van der Waals surface area contributed by atoms with Gasteiger partial charge in [0, 0.05) is 42.8 Å². The van der Waals surface area contributed by atoms with Gasteiger partial charge >= 0.3 is 6.01 Å². The van der Waals surface area contributed by atoms with Gasteiger partial charge in [-0.25, -0.2) is 4.98 Å². The highest BCUT2D eigenvalue weighted by Gasteiger charge is 2.22. The van der Waals surface area contributed by atoms with E-state index in [0.29, 0.717) is 16.8 Å². The number of nitriles is 1. The molecule has 0 unspecified atom stereocenters. The third kappa shape index (κ3) is 5.14. The van der Waals surface area contributed by atoms with E-state index in [9.17, 15) is 10.1 Å². The number of fused-ring (bicyclic) bond motifs is 1. The Morgan fingerprint density at radius 2 is 1.89 bits per heavy atom. The molecule has 3 aromatic rings. The van der Waals surface area contributed by atoms with Crippen LogP contribution in [-0.2, 0) is 6.61 Å². The molecule has 1 amide bonds. The van der Waals surface area contributed by atoms with Gasteiger partial charge in [-0.15, -0.1) is 0 Å². The minimum absolute atomic E-state index is 0.0548. The Kier molecular flexibility index (Phi) is 6.66. The zero-order chi connectivity index (χ0) is 24.2. The fourth-order valence-electron chi connectivity index (χ4n) is 3.89. The number of benzene rings is 2. The molecule has 1 fully saturated rings. The number of anilines is 1. The number of carbonyl (C=O) groups excluding carboxylic acids is 1. The molecule has 0 aliphatic carbocycles. The zero-order valence-corrected chi connectivity index (χ0v) is 20.1. The quantitative estimate of drug-likeness (QED) is 0.546. The van der Waals surface area contributed by atoms with E-state index >= 15 is 0 Å². The lowest BCUT2D eigenvalue weighted by Gasteiger charge is -2.32. The highest BCUT2D eigenvalue weighted by molar-refractivity contribution is 8.04. The van der Waals surface area contributed by atoms with E-state index in [1.807, 2.05) is 53.4 Å². The van der Waals surface area contributed by atoms with Gasteiger partial charge in [-0.05, 0) is 42.9 Å². The van der Waals surface area contributed by atoms with Crippen molar-refractivity contribution in [2.45, 2.75) is 11.5 Å². The number of nitrogens with zero attached hydrogens (tertiary/aromatic N) is 5. The number of thioether (sulfide) groups is 1. The molecule has 0 bridgehead atoms. The van der Waals surface area contributed by atoms with Gasteiger partial charge in [0.2, 0.25) is 0 Å². The van der Waals surface area contributed by atoms with E-state index < -0.39 is 0 Å². The lowest BCUT2D eigenvalue weighted by Crippen LogP contribution is -2.47. The van der Waals surface area contributed by atoms with E-state index in [0.717, 1.165) is 47.4 Å². The second kappa shape index (κ2) is 10.2. The topological polar surface area (TPSA) is 94.4 Å². The van der Waals surface area contributed by atoms with Crippen molar-refractivity contribution in [2.75, 3.05) is 38.5 Å². The fraction of sp³-hybridized carbons (Fsp3) is 0.231. The molecule has 0 saturated carbocycles. The largest absolute Gasteiger partial charge is 0.459 e. The number of likely N-dealkylation sites (N-methyl/N-ethyl adjacent to an activating group) is 1. The van der Waals surface area contributed by atoms with Crippen molar-refractivity contribution in [1.82, 2.24) is 19.8 Å². The van der Waals surface area contributed by atoms with Crippen molar-refractivity contribution < 1.29 is 9.53 Å². The van der Waals surface area contributed by atoms with Gasteiger partial charge in [-0.2, -0.15) is 10.2 Å². The minimum Gasteiger partial charge on any atom is -0.459 e. The van der Waals surface area contributed by atoms with Gasteiger partial charge in [0.25, 0.3) is 5.91 Å². The van der Waals surface area contributed by atoms with Crippen molar-refractivity contribution in [1.29, 1.82) is 5.26 Å². The first-order chi connectivity index (χ1) is 17.1. The predicted octanol–water partition coefficient (Wildman–Crippen LogP) is 3.85. The summed E-state index contributed by atoms with van der Waals surface area (Å²) in [6, 6.07) is 19.5. The molecular formula is C26H24N6O2S. The Morgan fingerprint density at radius 3 is 2.63 bits per heavy atom. The number of hydrogen-bond donors (Lipinski definition) is 1. The summed E-state index contributed by atoms with van der Waals surface area (Å²) in [5.74, 6) is 0.0548. The molecule has 3 heterocycles. The Morgan fingerprint density at radius 1 is 1.11 bits per heavy atom. The van der Waals surface area contributed by atoms with Gasteiger partial charge in [-0.1, -0.05) is 36.0 Å². The van der Waals surface area contributed by atoms with Crippen LogP contribution in [0.4, 0.5) is 5.69 Å². The molecular weight excluding hydrogens is 460 g/mol. The third-order valence-corrected chi connectivity index (χ3v) is 7.02. The smallest absolute Gasteiger partial charge is 0.317 e.